The van der Waals surface area contributed by atoms with E-state index in [1.165, 1.54) is 6.21 Å². The van der Waals surface area contributed by atoms with E-state index in [4.69, 9.17) is 14.2 Å². The molecule has 8 nitrogen and oxygen atoms in total. The summed E-state index contributed by atoms with van der Waals surface area (Å²) < 4.78 is 16.1. The van der Waals surface area contributed by atoms with Gasteiger partial charge < -0.3 is 19.5 Å². The van der Waals surface area contributed by atoms with Gasteiger partial charge in [-0.1, -0.05) is 0 Å². The van der Waals surface area contributed by atoms with Crippen LogP contribution in [0.2, 0.25) is 0 Å². The zero-order valence-electron chi connectivity index (χ0n) is 12.4. The largest absolute Gasteiger partial charge is 0.454 e. The van der Waals surface area contributed by atoms with Gasteiger partial charge in [0.25, 0.3) is 0 Å². The lowest BCUT2D eigenvalue weighted by atomic mass is 10.2. The molecule has 0 fully saturated rings. The minimum atomic E-state index is -0.837. The molecule has 0 unspecified atom stereocenters. The number of carbonyl (C=O) groups is 2. The van der Waals surface area contributed by atoms with Crippen LogP contribution >= 0.6 is 15.9 Å². The Kier molecular flexibility index (Phi) is 6.36. The van der Waals surface area contributed by atoms with Crippen LogP contribution in [0.25, 0.3) is 0 Å². The summed E-state index contributed by atoms with van der Waals surface area (Å²) in [7, 11) is 1.57. The topological polar surface area (TPSA) is 98.2 Å². The third-order valence-electron chi connectivity index (χ3n) is 2.88. The Balaban J connectivity index is 1.84. The predicted molar refractivity (Wildman–Crippen MR) is 85.5 cm³/mol. The van der Waals surface area contributed by atoms with Crippen LogP contribution in [0.5, 0.6) is 11.5 Å². The maximum atomic E-state index is 11.5. The summed E-state index contributed by atoms with van der Waals surface area (Å²) in [5.41, 5.74) is 2.84. The number of ether oxygens (including phenoxy) is 3. The Labute approximate surface area is 141 Å². The summed E-state index contributed by atoms with van der Waals surface area (Å²) in [4.78, 5) is 23.0. The first kappa shape index (κ1) is 17.2. The molecule has 124 valence electrons. The zero-order chi connectivity index (χ0) is 16.7. The molecule has 0 atom stereocenters. The Hall–Kier alpha value is -2.13. The summed E-state index contributed by atoms with van der Waals surface area (Å²) in [6.45, 7) is 1.04. The van der Waals surface area contributed by atoms with E-state index >= 15 is 0 Å². The maximum Gasteiger partial charge on any atom is 0.329 e. The second kappa shape index (κ2) is 8.49. The summed E-state index contributed by atoms with van der Waals surface area (Å²) >= 11 is 3.36. The van der Waals surface area contributed by atoms with Crippen molar-refractivity contribution in [2.45, 2.75) is 6.42 Å². The van der Waals surface area contributed by atoms with Crippen LogP contribution in [-0.4, -0.2) is 45.1 Å². The number of fused-ring (bicyclic) bond motifs is 1. The maximum absolute atomic E-state index is 11.5. The van der Waals surface area contributed by atoms with Crippen LogP contribution in [-0.2, 0) is 14.3 Å². The summed E-state index contributed by atoms with van der Waals surface area (Å²) in [5.74, 6) is -0.358. The number of rotatable bonds is 6. The minimum absolute atomic E-state index is 0.169. The second-order valence-electron chi connectivity index (χ2n) is 4.53. The van der Waals surface area contributed by atoms with E-state index in [9.17, 15) is 9.59 Å². The molecule has 1 aliphatic heterocycles. The summed E-state index contributed by atoms with van der Waals surface area (Å²) in [5, 5.41) is 6.22. The Morgan fingerprint density at radius 2 is 2.09 bits per heavy atom. The van der Waals surface area contributed by atoms with Crippen molar-refractivity contribution < 1.29 is 23.8 Å². The van der Waals surface area contributed by atoms with E-state index in [1.807, 2.05) is 0 Å². The lowest BCUT2D eigenvalue weighted by Crippen LogP contribution is -2.38. The van der Waals surface area contributed by atoms with Gasteiger partial charge in [0.2, 0.25) is 6.79 Å². The Morgan fingerprint density at radius 1 is 1.35 bits per heavy atom. The highest BCUT2D eigenvalue weighted by atomic mass is 79.9. The molecule has 0 saturated carbocycles. The van der Waals surface area contributed by atoms with Gasteiger partial charge in [-0.2, -0.15) is 5.10 Å². The number of methoxy groups -OCH3 is 1. The number of halogens is 1. The number of hydrogen-bond donors (Lipinski definition) is 2. The van der Waals surface area contributed by atoms with Crippen LogP contribution in [0.3, 0.4) is 0 Å². The number of hydrazone groups is 1. The fourth-order valence-corrected chi connectivity index (χ4v) is 2.17. The zero-order valence-corrected chi connectivity index (χ0v) is 14.0. The Bertz CT molecular complexity index is 621. The van der Waals surface area contributed by atoms with Crippen molar-refractivity contribution in [1.29, 1.82) is 0 Å². The fraction of sp³-hybridized carbons (Fsp3) is 0.357. The molecular formula is C14H16BrN3O5. The average Bonchev–Trinajstić information content (AvgIpc) is 2.98. The monoisotopic (exact) mass is 385 g/mol. The SMILES string of the molecule is COCCCNC(=O)C(=O)N/N=C\c1cc2c(cc1Br)OCO2. The molecule has 1 aromatic rings. The molecule has 0 radical (unpaired) electrons. The van der Waals surface area contributed by atoms with Crippen molar-refractivity contribution in [3.8, 4) is 11.5 Å². The van der Waals surface area contributed by atoms with Crippen molar-refractivity contribution in [3.63, 3.8) is 0 Å². The number of carbonyl (C=O) groups excluding carboxylic acids is 2. The van der Waals surface area contributed by atoms with Crippen LogP contribution in [0.15, 0.2) is 21.7 Å². The van der Waals surface area contributed by atoms with E-state index in [-0.39, 0.29) is 6.79 Å². The van der Waals surface area contributed by atoms with Gasteiger partial charge in [0.05, 0.1) is 6.21 Å². The molecule has 1 aliphatic rings. The smallest absolute Gasteiger partial charge is 0.329 e. The Morgan fingerprint density at radius 3 is 2.83 bits per heavy atom. The third kappa shape index (κ3) is 4.93. The summed E-state index contributed by atoms with van der Waals surface area (Å²) in [6.07, 6.45) is 2.03. The molecular weight excluding hydrogens is 370 g/mol. The van der Waals surface area contributed by atoms with E-state index in [0.717, 1.165) is 4.47 Å². The number of benzene rings is 1. The van der Waals surface area contributed by atoms with Crippen LogP contribution in [0.4, 0.5) is 0 Å². The molecule has 1 heterocycles. The van der Waals surface area contributed by atoms with Gasteiger partial charge in [-0.15, -0.1) is 0 Å². The quantitative estimate of drug-likeness (QED) is 0.326. The highest BCUT2D eigenvalue weighted by Gasteiger charge is 2.16. The second-order valence-corrected chi connectivity index (χ2v) is 5.38. The molecule has 2 N–H and O–H groups in total. The van der Waals surface area contributed by atoms with Crippen LogP contribution in [0, 0.1) is 0 Å². The standard InChI is InChI=1S/C14H16BrN3O5/c1-21-4-2-3-16-13(19)14(20)18-17-7-9-5-11-12(6-10(9)15)23-8-22-11/h5-7H,2-4,8H2,1H3,(H,16,19)(H,18,20)/b17-7-. The van der Waals surface area contributed by atoms with E-state index < -0.39 is 11.8 Å². The van der Waals surface area contributed by atoms with Gasteiger partial charge >= 0.3 is 11.8 Å². The number of nitrogens with zero attached hydrogens (tertiary/aromatic N) is 1. The molecule has 2 rings (SSSR count). The normalized spacial score (nSPS) is 12.4. The molecule has 0 saturated heterocycles. The van der Waals surface area contributed by atoms with Gasteiger partial charge in [-0.25, -0.2) is 5.43 Å². The van der Waals surface area contributed by atoms with Gasteiger partial charge in [-0.3, -0.25) is 9.59 Å². The lowest BCUT2D eigenvalue weighted by Gasteiger charge is -2.04. The minimum Gasteiger partial charge on any atom is -0.454 e. The van der Waals surface area contributed by atoms with Crippen molar-refractivity contribution in [2.75, 3.05) is 27.1 Å². The van der Waals surface area contributed by atoms with Gasteiger partial charge in [0, 0.05) is 30.3 Å². The van der Waals surface area contributed by atoms with E-state index in [2.05, 4.69) is 31.8 Å². The highest BCUT2D eigenvalue weighted by molar-refractivity contribution is 9.10. The van der Waals surface area contributed by atoms with Gasteiger partial charge in [0.15, 0.2) is 11.5 Å². The molecule has 2 amide bonds. The molecule has 0 bridgehead atoms. The summed E-state index contributed by atoms with van der Waals surface area (Å²) in [6, 6.07) is 3.46. The van der Waals surface area contributed by atoms with Crippen molar-refractivity contribution >= 4 is 34.0 Å². The molecule has 0 aromatic heterocycles. The molecule has 23 heavy (non-hydrogen) atoms. The molecule has 1 aromatic carbocycles. The first-order valence-electron chi connectivity index (χ1n) is 6.81. The number of nitrogens with one attached hydrogen (secondary N) is 2. The van der Waals surface area contributed by atoms with Crippen molar-refractivity contribution in [1.82, 2.24) is 10.7 Å². The van der Waals surface area contributed by atoms with E-state index in [1.54, 1.807) is 19.2 Å². The van der Waals surface area contributed by atoms with E-state index in [0.29, 0.717) is 36.6 Å². The van der Waals surface area contributed by atoms with Gasteiger partial charge in [0.1, 0.15) is 0 Å². The first-order valence-corrected chi connectivity index (χ1v) is 7.60. The number of hydrogen-bond acceptors (Lipinski definition) is 6. The molecule has 9 heteroatoms. The average molecular weight is 386 g/mol. The third-order valence-corrected chi connectivity index (χ3v) is 3.57. The van der Waals surface area contributed by atoms with Gasteiger partial charge in [-0.05, 0) is 34.5 Å². The lowest BCUT2D eigenvalue weighted by molar-refractivity contribution is -0.139. The van der Waals surface area contributed by atoms with Crippen LogP contribution < -0.4 is 20.2 Å². The number of amides is 2. The van der Waals surface area contributed by atoms with Crippen LogP contribution in [0.1, 0.15) is 12.0 Å². The van der Waals surface area contributed by atoms with Crippen molar-refractivity contribution in [2.24, 2.45) is 5.10 Å². The predicted octanol–water partition coefficient (Wildman–Crippen LogP) is 0.781. The molecule has 0 spiro atoms. The fourth-order valence-electron chi connectivity index (χ4n) is 1.74. The first-order chi connectivity index (χ1) is 11.1. The molecule has 0 aliphatic carbocycles. The highest BCUT2D eigenvalue weighted by Crippen LogP contribution is 2.36. The van der Waals surface area contributed by atoms with Crippen molar-refractivity contribution in [3.05, 3.63) is 22.2 Å².